The van der Waals surface area contributed by atoms with Crippen molar-refractivity contribution >= 4 is 17.6 Å². The van der Waals surface area contributed by atoms with E-state index in [-0.39, 0.29) is 6.04 Å². The van der Waals surface area contributed by atoms with Crippen molar-refractivity contribution in [2.24, 2.45) is 4.99 Å². The van der Waals surface area contributed by atoms with Gasteiger partial charge in [0, 0.05) is 32.7 Å². The maximum Gasteiger partial charge on any atom is 0.341 e. The van der Waals surface area contributed by atoms with E-state index in [1.54, 1.807) is 26.3 Å². The molecule has 0 radical (unpaired) electrons. The van der Waals surface area contributed by atoms with Gasteiger partial charge in [-0.15, -0.1) is 0 Å². The third-order valence-corrected chi connectivity index (χ3v) is 5.31. The minimum absolute atomic E-state index is 0.262. The average molecular weight is 427 g/mol. The molecule has 8 nitrogen and oxygen atoms in total. The number of carbonyl (C=O) groups is 1. The summed E-state index contributed by atoms with van der Waals surface area (Å²) in [6.45, 7) is 2.31. The largest absolute Gasteiger partial charge is 0.496 e. The van der Waals surface area contributed by atoms with Crippen LogP contribution in [0, 0.1) is 0 Å². The number of ether oxygens (including phenoxy) is 3. The third-order valence-electron chi connectivity index (χ3n) is 5.31. The molecule has 0 aliphatic carbocycles. The molecule has 3 rings (SSSR count). The predicted octanol–water partition coefficient (Wildman–Crippen LogP) is 2.43. The van der Waals surface area contributed by atoms with Crippen LogP contribution in [0.4, 0.5) is 5.69 Å². The van der Waals surface area contributed by atoms with E-state index in [9.17, 15) is 4.79 Å². The van der Waals surface area contributed by atoms with E-state index in [0.717, 1.165) is 36.5 Å². The van der Waals surface area contributed by atoms with Gasteiger partial charge in [-0.3, -0.25) is 4.99 Å². The van der Waals surface area contributed by atoms with Crippen LogP contribution in [0.3, 0.4) is 0 Å². The number of hydrogen-bond acceptors (Lipinski definition) is 6. The van der Waals surface area contributed by atoms with Gasteiger partial charge in [0.15, 0.2) is 5.96 Å². The van der Waals surface area contributed by atoms with Gasteiger partial charge in [-0.2, -0.15) is 0 Å². The highest BCUT2D eigenvalue weighted by Gasteiger charge is 2.25. The highest BCUT2D eigenvalue weighted by molar-refractivity contribution is 5.92. The fourth-order valence-corrected chi connectivity index (χ4v) is 3.70. The van der Waals surface area contributed by atoms with E-state index < -0.39 is 5.97 Å². The number of para-hydroxylation sites is 2. The highest BCUT2D eigenvalue weighted by atomic mass is 16.5. The Labute approximate surface area is 183 Å². The first kappa shape index (κ1) is 22.3. The summed E-state index contributed by atoms with van der Waals surface area (Å²) in [5.41, 5.74) is 2.42. The number of rotatable bonds is 7. The second kappa shape index (κ2) is 10.6. The molecule has 1 fully saturated rings. The zero-order chi connectivity index (χ0) is 22.2. The Morgan fingerprint density at radius 1 is 1.13 bits per heavy atom. The lowest BCUT2D eigenvalue weighted by Gasteiger charge is -2.22. The van der Waals surface area contributed by atoms with E-state index in [2.05, 4.69) is 26.6 Å². The van der Waals surface area contributed by atoms with Crippen molar-refractivity contribution in [3.63, 3.8) is 0 Å². The Morgan fingerprint density at radius 2 is 1.90 bits per heavy atom. The second-order valence-electron chi connectivity index (χ2n) is 7.20. The molecule has 2 aromatic rings. The van der Waals surface area contributed by atoms with Crippen LogP contribution >= 0.6 is 0 Å². The van der Waals surface area contributed by atoms with Crippen molar-refractivity contribution in [2.75, 3.05) is 46.4 Å². The number of nitrogens with zero attached hydrogens (tertiary/aromatic N) is 2. The van der Waals surface area contributed by atoms with Crippen LogP contribution in [0.15, 0.2) is 47.5 Å². The van der Waals surface area contributed by atoms with E-state index in [4.69, 9.17) is 14.2 Å². The van der Waals surface area contributed by atoms with Crippen molar-refractivity contribution in [3.05, 3.63) is 53.6 Å². The van der Waals surface area contributed by atoms with Crippen molar-refractivity contribution < 1.29 is 19.0 Å². The number of esters is 1. The number of benzene rings is 2. The summed E-state index contributed by atoms with van der Waals surface area (Å²) in [6, 6.07) is 13.8. The topological polar surface area (TPSA) is 84.4 Å². The van der Waals surface area contributed by atoms with Gasteiger partial charge in [0.25, 0.3) is 0 Å². The van der Waals surface area contributed by atoms with Gasteiger partial charge in [0.05, 0.1) is 27.0 Å². The third kappa shape index (κ3) is 5.39. The molecule has 2 aromatic carbocycles. The lowest BCUT2D eigenvalue weighted by atomic mass is 10.1. The van der Waals surface area contributed by atoms with E-state index in [0.29, 0.717) is 23.8 Å². The predicted molar refractivity (Wildman–Crippen MR) is 121 cm³/mol. The lowest BCUT2D eigenvalue weighted by molar-refractivity contribution is 0.0597. The Bertz CT molecular complexity index is 932. The van der Waals surface area contributed by atoms with Crippen LogP contribution in [0.1, 0.15) is 22.3 Å². The molecule has 31 heavy (non-hydrogen) atoms. The summed E-state index contributed by atoms with van der Waals surface area (Å²) in [6.07, 6.45) is 0.994. The first-order chi connectivity index (χ1) is 15.1. The van der Waals surface area contributed by atoms with E-state index in [1.165, 1.54) is 14.2 Å². The number of hydrogen-bond donors (Lipinski definition) is 2. The average Bonchev–Trinajstić information content (AvgIpc) is 3.29. The summed E-state index contributed by atoms with van der Waals surface area (Å²) in [7, 11) is 6.33. The number of guanidine groups is 1. The quantitative estimate of drug-likeness (QED) is 0.400. The van der Waals surface area contributed by atoms with Gasteiger partial charge in [-0.25, -0.2) is 4.79 Å². The van der Waals surface area contributed by atoms with Crippen LogP contribution in [-0.2, 0) is 11.3 Å². The zero-order valence-electron chi connectivity index (χ0n) is 18.5. The van der Waals surface area contributed by atoms with E-state index >= 15 is 0 Å². The normalized spacial score (nSPS) is 16.1. The number of nitrogens with one attached hydrogen (secondary N) is 2. The number of anilines is 1. The van der Waals surface area contributed by atoms with Crippen molar-refractivity contribution in [1.82, 2.24) is 10.6 Å². The number of aliphatic imine (C=N–C) groups is 1. The molecular formula is C23H30N4O4. The molecular weight excluding hydrogens is 396 g/mol. The molecule has 1 unspecified atom stereocenters. The minimum atomic E-state index is -0.427. The first-order valence-corrected chi connectivity index (χ1v) is 10.2. The van der Waals surface area contributed by atoms with Gasteiger partial charge in [-0.05, 0) is 36.2 Å². The van der Waals surface area contributed by atoms with Gasteiger partial charge >= 0.3 is 5.97 Å². The maximum atomic E-state index is 12.0. The Balaban J connectivity index is 1.59. The second-order valence-corrected chi connectivity index (χ2v) is 7.20. The number of methoxy groups -OCH3 is 3. The lowest BCUT2D eigenvalue weighted by Crippen LogP contribution is -2.44. The molecule has 166 valence electrons. The summed E-state index contributed by atoms with van der Waals surface area (Å²) >= 11 is 0. The smallest absolute Gasteiger partial charge is 0.341 e. The van der Waals surface area contributed by atoms with Crippen molar-refractivity contribution in [3.8, 4) is 11.5 Å². The number of carbonyl (C=O) groups excluding carboxylic acids is 1. The molecule has 1 atom stereocenters. The summed E-state index contributed by atoms with van der Waals surface area (Å²) in [4.78, 5) is 18.6. The standard InChI is InChI=1S/C23H30N4O4/c1-24-23(25-14-16-9-10-20(29-2)18(13-16)22(28)31-4)26-17-11-12-27(15-17)19-7-5-6-8-21(19)30-3/h5-10,13,17H,11-12,14-15H2,1-4H3,(H2,24,25,26). The summed E-state index contributed by atoms with van der Waals surface area (Å²) in [5, 5.41) is 6.80. The van der Waals surface area contributed by atoms with Gasteiger partial charge < -0.3 is 29.7 Å². The first-order valence-electron chi connectivity index (χ1n) is 10.2. The molecule has 0 amide bonds. The summed E-state index contributed by atoms with van der Waals surface area (Å²) in [5.74, 6) is 1.65. The monoisotopic (exact) mass is 426 g/mol. The summed E-state index contributed by atoms with van der Waals surface area (Å²) < 4.78 is 15.6. The Hall–Kier alpha value is -3.42. The van der Waals surface area contributed by atoms with Gasteiger partial charge in [0.1, 0.15) is 17.1 Å². The van der Waals surface area contributed by atoms with Gasteiger partial charge in [0.2, 0.25) is 0 Å². The molecule has 0 saturated carbocycles. The Kier molecular flexibility index (Phi) is 7.59. The van der Waals surface area contributed by atoms with Crippen LogP contribution in [0.5, 0.6) is 11.5 Å². The molecule has 8 heteroatoms. The SMILES string of the molecule is CN=C(NCc1ccc(OC)c(C(=O)OC)c1)NC1CCN(c2ccccc2OC)C1. The van der Waals surface area contributed by atoms with Crippen LogP contribution in [0.2, 0.25) is 0 Å². The van der Waals surface area contributed by atoms with Gasteiger partial charge in [-0.1, -0.05) is 18.2 Å². The van der Waals surface area contributed by atoms with Crippen LogP contribution in [0.25, 0.3) is 0 Å². The maximum absolute atomic E-state index is 12.0. The molecule has 0 bridgehead atoms. The van der Waals surface area contributed by atoms with Crippen molar-refractivity contribution in [2.45, 2.75) is 19.0 Å². The molecule has 1 aliphatic heterocycles. The zero-order valence-corrected chi connectivity index (χ0v) is 18.5. The van der Waals surface area contributed by atoms with E-state index in [1.807, 2.05) is 24.3 Å². The molecule has 1 aliphatic rings. The van der Waals surface area contributed by atoms with Crippen molar-refractivity contribution in [1.29, 1.82) is 0 Å². The molecule has 0 spiro atoms. The Morgan fingerprint density at radius 3 is 2.61 bits per heavy atom. The van der Waals surface area contributed by atoms with Crippen LogP contribution < -0.4 is 25.0 Å². The van der Waals surface area contributed by atoms with Crippen LogP contribution in [-0.4, -0.2) is 59.4 Å². The minimum Gasteiger partial charge on any atom is -0.496 e. The molecule has 0 aromatic heterocycles. The fourth-order valence-electron chi connectivity index (χ4n) is 3.70. The molecule has 1 heterocycles. The molecule has 2 N–H and O–H groups in total. The fraction of sp³-hybridized carbons (Fsp3) is 0.391. The molecule has 1 saturated heterocycles. The highest BCUT2D eigenvalue weighted by Crippen LogP contribution is 2.30.